The normalized spacial score (nSPS) is 10.3. The van der Waals surface area contributed by atoms with Crippen LogP contribution in [0.1, 0.15) is 5.69 Å². The quantitative estimate of drug-likeness (QED) is 0.366. The predicted octanol–water partition coefficient (Wildman–Crippen LogP) is 1.49. The first kappa shape index (κ1) is 7.53. The van der Waals surface area contributed by atoms with Crippen LogP contribution in [0.15, 0.2) is 34.6 Å². The van der Waals surface area contributed by atoms with Gasteiger partial charge in [0.1, 0.15) is 5.69 Å². The van der Waals surface area contributed by atoms with Crippen molar-refractivity contribution in [3.8, 4) is 0 Å². The van der Waals surface area contributed by atoms with E-state index < -0.39 is 0 Å². The summed E-state index contributed by atoms with van der Waals surface area (Å²) in [6, 6.07) is 5.32. The molecule has 0 spiro atoms. The average Bonchev–Trinajstić information content (AvgIpc) is 2.07. The molecule has 0 unspecified atom stereocenters. The molecule has 0 aliphatic heterocycles. The van der Waals surface area contributed by atoms with Crippen LogP contribution < -0.4 is 0 Å². The number of nitrogens with zero attached hydrogens (tertiary/aromatic N) is 3. The molecule has 0 bridgehead atoms. The largest absolute Gasteiger partial charge is 0.279 e. The molecular formula is C7H8N4. The Hall–Kier alpha value is -1.58. The monoisotopic (exact) mass is 148 g/mol. The minimum atomic E-state index is 0.0908. The minimum absolute atomic E-state index is 0.0908. The van der Waals surface area contributed by atoms with E-state index in [4.69, 9.17) is 5.41 Å². The van der Waals surface area contributed by atoms with E-state index >= 15 is 0 Å². The van der Waals surface area contributed by atoms with Gasteiger partial charge in [0.05, 0.1) is 0 Å². The standard InChI is InChI=1S/C7H8N4/c1-9-11-7(8)6-4-2-3-5-10-6/h2-5,8H,1H3. The van der Waals surface area contributed by atoms with Gasteiger partial charge in [0, 0.05) is 13.2 Å². The van der Waals surface area contributed by atoms with Crippen LogP contribution >= 0.6 is 0 Å². The zero-order valence-electron chi connectivity index (χ0n) is 6.15. The minimum Gasteiger partial charge on any atom is -0.279 e. The molecule has 0 atom stereocenters. The summed E-state index contributed by atoms with van der Waals surface area (Å²) in [7, 11) is 1.53. The van der Waals surface area contributed by atoms with E-state index in [1.807, 2.05) is 6.07 Å². The molecule has 1 heterocycles. The molecule has 0 saturated heterocycles. The van der Waals surface area contributed by atoms with Gasteiger partial charge >= 0.3 is 0 Å². The van der Waals surface area contributed by atoms with Crippen molar-refractivity contribution < 1.29 is 0 Å². The number of azo groups is 1. The first-order valence-electron chi connectivity index (χ1n) is 3.14. The fraction of sp³-hybridized carbons (Fsp3) is 0.143. The molecule has 0 aliphatic carbocycles. The molecule has 11 heavy (non-hydrogen) atoms. The van der Waals surface area contributed by atoms with Gasteiger partial charge in [-0.15, -0.1) is 5.11 Å². The number of hydrogen-bond donors (Lipinski definition) is 1. The Morgan fingerprint density at radius 1 is 1.55 bits per heavy atom. The second-order valence-corrected chi connectivity index (χ2v) is 1.86. The first-order valence-corrected chi connectivity index (χ1v) is 3.14. The van der Waals surface area contributed by atoms with Crippen LogP contribution in [0, 0.1) is 5.41 Å². The van der Waals surface area contributed by atoms with Crippen molar-refractivity contribution in [1.29, 1.82) is 5.41 Å². The molecule has 0 fully saturated rings. The van der Waals surface area contributed by atoms with Crippen molar-refractivity contribution in [2.75, 3.05) is 7.05 Å². The van der Waals surface area contributed by atoms with Crippen molar-refractivity contribution in [2.24, 2.45) is 10.2 Å². The molecule has 1 aromatic heterocycles. The molecule has 1 N–H and O–H groups in total. The SMILES string of the molecule is CN=NC(=N)c1ccccn1. The van der Waals surface area contributed by atoms with Crippen molar-refractivity contribution in [3.63, 3.8) is 0 Å². The number of hydrogen-bond acceptors (Lipinski definition) is 3. The third kappa shape index (κ3) is 1.93. The number of pyridine rings is 1. The molecule has 56 valence electrons. The summed E-state index contributed by atoms with van der Waals surface area (Å²) in [4.78, 5) is 3.92. The fourth-order valence-electron chi connectivity index (χ4n) is 0.654. The number of nitrogens with one attached hydrogen (secondary N) is 1. The van der Waals surface area contributed by atoms with E-state index in [-0.39, 0.29) is 5.84 Å². The molecule has 0 amide bonds. The smallest absolute Gasteiger partial charge is 0.192 e. The van der Waals surface area contributed by atoms with Crippen molar-refractivity contribution in [2.45, 2.75) is 0 Å². The van der Waals surface area contributed by atoms with Crippen LogP contribution in [0.5, 0.6) is 0 Å². The molecule has 0 radical (unpaired) electrons. The lowest BCUT2D eigenvalue weighted by Gasteiger charge is -1.92. The van der Waals surface area contributed by atoms with Crippen LogP contribution in [-0.2, 0) is 0 Å². The van der Waals surface area contributed by atoms with Gasteiger partial charge in [-0.05, 0) is 12.1 Å². The lowest BCUT2D eigenvalue weighted by Crippen LogP contribution is -1.96. The average molecular weight is 148 g/mol. The first-order chi connectivity index (χ1) is 5.34. The van der Waals surface area contributed by atoms with E-state index in [0.717, 1.165) is 0 Å². The Labute approximate surface area is 64.5 Å². The lowest BCUT2D eigenvalue weighted by atomic mass is 10.3. The maximum atomic E-state index is 7.31. The van der Waals surface area contributed by atoms with E-state index in [2.05, 4.69) is 15.2 Å². The van der Waals surface area contributed by atoms with Gasteiger partial charge in [-0.3, -0.25) is 10.4 Å². The third-order valence-electron chi connectivity index (χ3n) is 1.11. The van der Waals surface area contributed by atoms with Crippen LogP contribution in [0.2, 0.25) is 0 Å². The molecular weight excluding hydrogens is 140 g/mol. The number of amidine groups is 1. The highest BCUT2D eigenvalue weighted by Gasteiger charge is 1.97. The maximum absolute atomic E-state index is 7.31. The van der Waals surface area contributed by atoms with Gasteiger partial charge in [0.25, 0.3) is 0 Å². The zero-order valence-corrected chi connectivity index (χ0v) is 6.15. The van der Waals surface area contributed by atoms with Gasteiger partial charge in [-0.2, -0.15) is 5.11 Å². The van der Waals surface area contributed by atoms with Crippen LogP contribution in [0.4, 0.5) is 0 Å². The Kier molecular flexibility index (Phi) is 2.43. The summed E-state index contributed by atoms with van der Waals surface area (Å²) in [5.41, 5.74) is 0.540. The van der Waals surface area contributed by atoms with Crippen molar-refractivity contribution >= 4 is 5.84 Å². The Morgan fingerprint density at radius 2 is 2.36 bits per heavy atom. The Balaban J connectivity index is 2.86. The second-order valence-electron chi connectivity index (χ2n) is 1.86. The van der Waals surface area contributed by atoms with E-state index in [1.54, 1.807) is 18.3 Å². The summed E-state index contributed by atoms with van der Waals surface area (Å²) >= 11 is 0. The van der Waals surface area contributed by atoms with Gasteiger partial charge in [-0.1, -0.05) is 6.07 Å². The summed E-state index contributed by atoms with van der Waals surface area (Å²) in [5, 5.41) is 14.3. The maximum Gasteiger partial charge on any atom is 0.192 e. The molecule has 4 heteroatoms. The summed E-state index contributed by atoms with van der Waals surface area (Å²) in [6.45, 7) is 0. The van der Waals surface area contributed by atoms with Gasteiger partial charge < -0.3 is 0 Å². The lowest BCUT2D eigenvalue weighted by molar-refractivity contribution is 1.15. The van der Waals surface area contributed by atoms with Gasteiger partial charge in [-0.25, -0.2) is 0 Å². The predicted molar refractivity (Wildman–Crippen MR) is 41.8 cm³/mol. The number of aromatic nitrogens is 1. The summed E-state index contributed by atoms with van der Waals surface area (Å²) < 4.78 is 0. The molecule has 1 rings (SSSR count). The summed E-state index contributed by atoms with van der Waals surface area (Å²) in [5.74, 6) is 0.0908. The molecule has 0 saturated carbocycles. The fourth-order valence-corrected chi connectivity index (χ4v) is 0.654. The highest BCUT2D eigenvalue weighted by Crippen LogP contribution is 1.95. The van der Waals surface area contributed by atoms with E-state index in [1.165, 1.54) is 7.05 Å². The summed E-state index contributed by atoms with van der Waals surface area (Å²) in [6.07, 6.45) is 1.62. The van der Waals surface area contributed by atoms with Gasteiger partial charge in [0.15, 0.2) is 5.84 Å². The van der Waals surface area contributed by atoms with E-state index in [0.29, 0.717) is 5.69 Å². The van der Waals surface area contributed by atoms with Crippen molar-refractivity contribution in [3.05, 3.63) is 30.1 Å². The van der Waals surface area contributed by atoms with E-state index in [9.17, 15) is 0 Å². The van der Waals surface area contributed by atoms with Crippen LogP contribution in [-0.4, -0.2) is 17.9 Å². The van der Waals surface area contributed by atoms with Crippen molar-refractivity contribution in [1.82, 2.24) is 4.98 Å². The topological polar surface area (TPSA) is 61.5 Å². The molecule has 0 aliphatic rings. The molecule has 4 nitrogen and oxygen atoms in total. The second kappa shape index (κ2) is 3.55. The van der Waals surface area contributed by atoms with Crippen LogP contribution in [0.3, 0.4) is 0 Å². The Morgan fingerprint density at radius 3 is 2.91 bits per heavy atom. The third-order valence-corrected chi connectivity index (χ3v) is 1.11. The number of rotatable bonds is 1. The molecule has 0 aromatic carbocycles. The highest BCUT2D eigenvalue weighted by molar-refractivity contribution is 5.94. The van der Waals surface area contributed by atoms with Gasteiger partial charge in [0.2, 0.25) is 0 Å². The Bertz CT molecular complexity index is 265. The zero-order chi connectivity index (χ0) is 8.10. The van der Waals surface area contributed by atoms with Crippen LogP contribution in [0.25, 0.3) is 0 Å². The molecule has 1 aromatic rings. The highest BCUT2D eigenvalue weighted by atomic mass is 15.1.